The number of hydrogen-bond donors (Lipinski definition) is 3. The molecule has 0 radical (unpaired) electrons. The van der Waals surface area contributed by atoms with Crippen LogP contribution < -0.4 is 5.14 Å². The van der Waals surface area contributed by atoms with E-state index in [0.29, 0.717) is 18.5 Å². The van der Waals surface area contributed by atoms with E-state index in [-0.39, 0.29) is 28.8 Å². The van der Waals surface area contributed by atoms with E-state index in [9.17, 15) is 18.3 Å². The number of aromatic nitrogens is 2. The highest BCUT2D eigenvalue weighted by atomic mass is 32.2. The van der Waals surface area contributed by atoms with Gasteiger partial charge in [-0.1, -0.05) is 6.07 Å². The zero-order valence-electron chi connectivity index (χ0n) is 14.6. The number of sulfonamides is 1. The third kappa shape index (κ3) is 3.79. The van der Waals surface area contributed by atoms with E-state index < -0.39 is 16.1 Å². The zero-order valence-corrected chi connectivity index (χ0v) is 15.5. The largest absolute Gasteiger partial charge is 0.391 e. The highest BCUT2D eigenvalue weighted by Crippen LogP contribution is 2.24. The lowest BCUT2D eigenvalue weighted by molar-refractivity contribution is 0.0763. The van der Waals surface area contributed by atoms with Crippen LogP contribution in [0.5, 0.6) is 0 Å². The molecule has 1 amide bonds. The molecule has 0 spiro atoms. The van der Waals surface area contributed by atoms with Crippen LogP contribution in [-0.4, -0.2) is 53.7 Å². The van der Waals surface area contributed by atoms with Crippen LogP contribution in [0.3, 0.4) is 0 Å². The van der Waals surface area contributed by atoms with E-state index in [1.807, 2.05) is 13.0 Å². The van der Waals surface area contributed by atoms with Crippen molar-refractivity contribution in [3.05, 3.63) is 46.8 Å². The van der Waals surface area contributed by atoms with Gasteiger partial charge in [0.25, 0.3) is 5.91 Å². The molecular weight excluding hydrogens is 356 g/mol. The molecule has 26 heavy (non-hydrogen) atoms. The summed E-state index contributed by atoms with van der Waals surface area (Å²) in [6, 6.07) is 6.15. The number of H-pyrrole nitrogens is 1. The molecule has 0 unspecified atom stereocenters. The molecule has 0 aliphatic carbocycles. The fraction of sp³-hybridized carbons (Fsp3) is 0.412. The van der Waals surface area contributed by atoms with Gasteiger partial charge in [-0.25, -0.2) is 13.6 Å². The maximum Gasteiger partial charge on any atom is 0.254 e. The Hall–Kier alpha value is -2.23. The van der Waals surface area contributed by atoms with Crippen LogP contribution in [0, 0.1) is 19.8 Å². The first-order valence-electron chi connectivity index (χ1n) is 8.27. The summed E-state index contributed by atoms with van der Waals surface area (Å²) in [6.45, 7) is 4.21. The molecule has 3 rings (SSSR count). The second kappa shape index (κ2) is 6.82. The van der Waals surface area contributed by atoms with E-state index in [2.05, 4.69) is 10.2 Å². The van der Waals surface area contributed by atoms with Gasteiger partial charge in [-0.2, -0.15) is 5.10 Å². The van der Waals surface area contributed by atoms with Crippen molar-refractivity contribution in [1.82, 2.24) is 15.1 Å². The summed E-state index contributed by atoms with van der Waals surface area (Å²) < 4.78 is 23.1. The van der Waals surface area contributed by atoms with Crippen LogP contribution in [-0.2, 0) is 16.4 Å². The summed E-state index contributed by atoms with van der Waals surface area (Å²) in [5.41, 5.74) is 2.72. The van der Waals surface area contributed by atoms with Gasteiger partial charge < -0.3 is 10.0 Å². The molecule has 1 aliphatic rings. The Morgan fingerprint density at radius 3 is 2.69 bits per heavy atom. The van der Waals surface area contributed by atoms with Gasteiger partial charge >= 0.3 is 0 Å². The predicted octanol–water partition coefficient (Wildman–Crippen LogP) is 0.350. The van der Waals surface area contributed by atoms with E-state index in [1.54, 1.807) is 17.9 Å². The average molecular weight is 378 g/mol. The first-order valence-corrected chi connectivity index (χ1v) is 9.81. The summed E-state index contributed by atoms with van der Waals surface area (Å²) in [5, 5.41) is 22.5. The number of hydrogen-bond acceptors (Lipinski definition) is 5. The number of aliphatic hydroxyl groups is 1. The number of nitrogens with one attached hydrogen (secondary N) is 1. The molecule has 1 aromatic carbocycles. The number of rotatable bonds is 4. The monoisotopic (exact) mass is 378 g/mol. The first-order chi connectivity index (χ1) is 12.1. The Kier molecular flexibility index (Phi) is 4.87. The second-order valence-corrected chi connectivity index (χ2v) is 8.37. The number of primary sulfonamides is 1. The number of aromatic amines is 1. The van der Waals surface area contributed by atoms with Crippen LogP contribution in [0.1, 0.15) is 27.3 Å². The summed E-state index contributed by atoms with van der Waals surface area (Å²) in [5.74, 6) is -0.434. The number of benzene rings is 1. The molecule has 140 valence electrons. The van der Waals surface area contributed by atoms with Gasteiger partial charge in [-0.3, -0.25) is 9.89 Å². The number of nitrogens with zero attached hydrogens (tertiary/aromatic N) is 2. The van der Waals surface area contributed by atoms with Gasteiger partial charge in [0.2, 0.25) is 10.0 Å². The highest BCUT2D eigenvalue weighted by Gasteiger charge is 2.35. The molecular formula is C17H22N4O4S. The molecule has 1 fully saturated rings. The molecule has 0 bridgehead atoms. The summed E-state index contributed by atoms with van der Waals surface area (Å²) >= 11 is 0. The first kappa shape index (κ1) is 18.6. The molecule has 2 aromatic rings. The van der Waals surface area contributed by atoms with Crippen LogP contribution in [0.25, 0.3) is 0 Å². The summed E-state index contributed by atoms with van der Waals surface area (Å²) in [4.78, 5) is 14.3. The highest BCUT2D eigenvalue weighted by molar-refractivity contribution is 7.89. The van der Waals surface area contributed by atoms with Gasteiger partial charge in [-0.15, -0.1) is 0 Å². The van der Waals surface area contributed by atoms with Crippen molar-refractivity contribution in [3.63, 3.8) is 0 Å². The fourth-order valence-electron chi connectivity index (χ4n) is 3.25. The number of likely N-dealkylation sites (tertiary alicyclic amines) is 1. The molecule has 1 saturated heterocycles. The SMILES string of the molecule is Cc1cc(C[C@@H]2CN(C(=O)c3cc(S(N)(=O)=O)ccc3C)C[C@@H]2O)n[nH]1. The lowest BCUT2D eigenvalue weighted by atomic mass is 10.00. The third-order valence-electron chi connectivity index (χ3n) is 4.69. The number of amides is 1. The van der Waals surface area contributed by atoms with Crippen LogP contribution in [0.15, 0.2) is 29.2 Å². The Morgan fingerprint density at radius 2 is 2.08 bits per heavy atom. The lowest BCUT2D eigenvalue weighted by Gasteiger charge is -2.18. The predicted molar refractivity (Wildman–Crippen MR) is 95.0 cm³/mol. The molecule has 0 saturated carbocycles. The average Bonchev–Trinajstić information content (AvgIpc) is 3.12. The van der Waals surface area contributed by atoms with Gasteiger partial charge in [0.1, 0.15) is 0 Å². The Balaban J connectivity index is 1.78. The maximum absolute atomic E-state index is 12.9. The summed E-state index contributed by atoms with van der Waals surface area (Å²) in [7, 11) is -3.89. The molecule has 1 aromatic heterocycles. The molecule has 8 nitrogen and oxygen atoms in total. The fourth-order valence-corrected chi connectivity index (χ4v) is 3.79. The topological polar surface area (TPSA) is 129 Å². The van der Waals surface area contributed by atoms with Crippen LogP contribution in [0.4, 0.5) is 0 Å². The van der Waals surface area contributed by atoms with E-state index in [0.717, 1.165) is 11.4 Å². The Bertz CT molecular complexity index is 938. The van der Waals surface area contributed by atoms with Crippen molar-refractivity contribution < 1.29 is 18.3 Å². The Labute approximate surface area is 152 Å². The van der Waals surface area contributed by atoms with Crippen molar-refractivity contribution in [1.29, 1.82) is 0 Å². The van der Waals surface area contributed by atoms with E-state index in [1.165, 1.54) is 12.1 Å². The lowest BCUT2D eigenvalue weighted by Crippen LogP contribution is -2.30. The van der Waals surface area contributed by atoms with Gasteiger partial charge in [-0.05, 0) is 44.0 Å². The Morgan fingerprint density at radius 1 is 1.35 bits per heavy atom. The number of aryl methyl sites for hydroxylation is 2. The molecule has 1 aliphatic heterocycles. The van der Waals surface area contributed by atoms with E-state index in [4.69, 9.17) is 5.14 Å². The summed E-state index contributed by atoms with van der Waals surface area (Å²) in [6.07, 6.45) is -0.0939. The zero-order chi connectivity index (χ0) is 19.1. The molecule has 2 atom stereocenters. The minimum Gasteiger partial charge on any atom is -0.391 e. The number of carbonyl (C=O) groups is 1. The van der Waals surface area contributed by atoms with Crippen molar-refractivity contribution in [2.75, 3.05) is 13.1 Å². The van der Waals surface area contributed by atoms with Crippen molar-refractivity contribution in [2.45, 2.75) is 31.3 Å². The number of β-amino-alcohol motifs (C(OH)–C–C–N with tert-alkyl or cyclic N) is 1. The van der Waals surface area contributed by atoms with Crippen LogP contribution >= 0.6 is 0 Å². The second-order valence-electron chi connectivity index (χ2n) is 6.81. The standard InChI is InChI=1S/C17H22N4O4S/c1-10-3-4-14(26(18,24)25)7-15(10)17(23)21-8-12(16(22)9-21)6-13-5-11(2)19-20-13/h3-5,7,12,16,22H,6,8-9H2,1-2H3,(H,19,20)(H2,18,24,25)/t12-,16+/m1/s1. The van der Waals surface area contributed by atoms with Gasteiger partial charge in [0.05, 0.1) is 16.7 Å². The van der Waals surface area contributed by atoms with Gasteiger partial charge in [0.15, 0.2) is 0 Å². The smallest absolute Gasteiger partial charge is 0.254 e. The molecule has 9 heteroatoms. The van der Waals surface area contributed by atoms with E-state index >= 15 is 0 Å². The molecule has 4 N–H and O–H groups in total. The maximum atomic E-state index is 12.9. The number of aliphatic hydroxyl groups excluding tert-OH is 1. The van der Waals surface area contributed by atoms with Crippen LogP contribution in [0.2, 0.25) is 0 Å². The van der Waals surface area contributed by atoms with Crippen molar-refractivity contribution in [3.8, 4) is 0 Å². The quantitative estimate of drug-likeness (QED) is 0.707. The molecule has 2 heterocycles. The third-order valence-corrected chi connectivity index (χ3v) is 5.60. The number of nitrogens with two attached hydrogens (primary N) is 1. The van der Waals surface area contributed by atoms with Crippen molar-refractivity contribution >= 4 is 15.9 Å². The van der Waals surface area contributed by atoms with Crippen molar-refractivity contribution in [2.24, 2.45) is 11.1 Å². The normalized spacial score (nSPS) is 20.5. The minimum atomic E-state index is -3.89. The number of carbonyl (C=O) groups excluding carboxylic acids is 1. The minimum absolute atomic E-state index is 0.102. The van der Waals surface area contributed by atoms with Gasteiger partial charge in [0, 0.05) is 30.3 Å².